The maximum atomic E-state index is 11.8. The summed E-state index contributed by atoms with van der Waals surface area (Å²) in [6.45, 7) is 8.51. The molecule has 1 aromatic heterocycles. The summed E-state index contributed by atoms with van der Waals surface area (Å²) < 4.78 is 0. The number of piperidine rings is 1. The minimum Gasteiger partial charge on any atom is -0.397 e. The van der Waals surface area contributed by atoms with Gasteiger partial charge < -0.3 is 10.6 Å². The van der Waals surface area contributed by atoms with E-state index >= 15 is 0 Å². The van der Waals surface area contributed by atoms with E-state index in [0.717, 1.165) is 35.5 Å². The zero-order chi connectivity index (χ0) is 15.1. The topological polar surface area (TPSA) is 46.3 Å². The predicted molar refractivity (Wildman–Crippen MR) is 90.5 cm³/mol. The Kier molecular flexibility index (Phi) is 4.00. The van der Waals surface area contributed by atoms with Gasteiger partial charge in [0.25, 0.3) is 0 Å². The van der Waals surface area contributed by atoms with E-state index in [2.05, 4.69) is 18.7 Å². The molecule has 1 aliphatic heterocycles. The maximum absolute atomic E-state index is 11.8. The molecule has 1 aliphatic carbocycles. The van der Waals surface area contributed by atoms with Crippen molar-refractivity contribution in [2.45, 2.75) is 52.4 Å². The van der Waals surface area contributed by atoms with E-state index in [1.54, 1.807) is 18.3 Å². The number of nitrogen functional groups attached to an aromatic ring is 1. The van der Waals surface area contributed by atoms with Crippen LogP contribution in [0.1, 0.15) is 67.6 Å². The Bertz CT molecular complexity index is 537. The highest BCUT2D eigenvalue weighted by Gasteiger charge is 2.35. The normalized spacial score (nSPS) is 20.3. The van der Waals surface area contributed by atoms with Crippen LogP contribution in [0.2, 0.25) is 0 Å². The van der Waals surface area contributed by atoms with Crippen LogP contribution in [0.4, 0.5) is 10.7 Å². The average molecular weight is 306 g/mol. The van der Waals surface area contributed by atoms with Crippen molar-refractivity contribution in [1.29, 1.82) is 0 Å². The largest absolute Gasteiger partial charge is 0.397 e. The summed E-state index contributed by atoms with van der Waals surface area (Å²) in [6.07, 6.45) is 4.98. The third-order valence-corrected chi connectivity index (χ3v) is 6.42. The Labute approximate surface area is 131 Å². The van der Waals surface area contributed by atoms with E-state index in [9.17, 15) is 4.79 Å². The van der Waals surface area contributed by atoms with Gasteiger partial charge in [-0.15, -0.1) is 11.3 Å². The molecule has 3 rings (SSSR count). The minimum absolute atomic E-state index is 0.114. The molecule has 2 aliphatic rings. The predicted octanol–water partition coefficient (Wildman–Crippen LogP) is 4.28. The number of hydrogen-bond acceptors (Lipinski definition) is 4. The molecular formula is C17H26N2OS. The van der Waals surface area contributed by atoms with Crippen molar-refractivity contribution in [2.24, 2.45) is 11.8 Å². The van der Waals surface area contributed by atoms with Crippen LogP contribution in [0.5, 0.6) is 0 Å². The van der Waals surface area contributed by atoms with Crippen molar-refractivity contribution >= 4 is 27.8 Å². The fourth-order valence-corrected chi connectivity index (χ4v) is 4.73. The van der Waals surface area contributed by atoms with Crippen molar-refractivity contribution in [3.63, 3.8) is 0 Å². The Morgan fingerprint density at radius 3 is 2.33 bits per heavy atom. The van der Waals surface area contributed by atoms with Crippen LogP contribution in [-0.2, 0) is 0 Å². The molecule has 1 saturated carbocycles. The number of ketones is 1. The van der Waals surface area contributed by atoms with E-state index in [0.29, 0.717) is 5.92 Å². The Hall–Kier alpha value is -1.03. The van der Waals surface area contributed by atoms with Gasteiger partial charge in [-0.05, 0) is 43.4 Å². The van der Waals surface area contributed by atoms with Gasteiger partial charge in [-0.25, -0.2) is 0 Å². The van der Waals surface area contributed by atoms with Gasteiger partial charge in [0.1, 0.15) is 0 Å². The first-order chi connectivity index (χ1) is 9.99. The smallest absolute Gasteiger partial charge is 0.171 e. The van der Waals surface area contributed by atoms with E-state index in [4.69, 9.17) is 5.73 Å². The third kappa shape index (κ3) is 2.83. The van der Waals surface area contributed by atoms with E-state index in [1.165, 1.54) is 36.2 Å². The first-order valence-electron chi connectivity index (χ1n) is 8.17. The summed E-state index contributed by atoms with van der Waals surface area (Å²) in [5.74, 6) is 2.33. The summed E-state index contributed by atoms with van der Waals surface area (Å²) in [5, 5.41) is 1.29. The van der Waals surface area contributed by atoms with Crippen molar-refractivity contribution < 1.29 is 4.79 Å². The van der Waals surface area contributed by atoms with Gasteiger partial charge in [0.05, 0.1) is 15.6 Å². The zero-order valence-electron chi connectivity index (χ0n) is 13.3. The summed E-state index contributed by atoms with van der Waals surface area (Å²) in [4.78, 5) is 15.1. The van der Waals surface area contributed by atoms with Crippen LogP contribution in [0.25, 0.3) is 0 Å². The molecule has 0 unspecified atom stereocenters. The number of carbonyl (C=O) groups excluding carboxylic acids is 1. The second kappa shape index (κ2) is 5.64. The average Bonchev–Trinajstić information content (AvgIpc) is 3.22. The summed E-state index contributed by atoms with van der Waals surface area (Å²) in [7, 11) is 0. The van der Waals surface area contributed by atoms with Crippen LogP contribution >= 0.6 is 11.3 Å². The molecule has 2 heterocycles. The van der Waals surface area contributed by atoms with E-state index in [1.807, 2.05) is 0 Å². The quantitative estimate of drug-likeness (QED) is 0.844. The molecule has 4 heteroatoms. The number of nitrogens with zero attached hydrogens (tertiary/aromatic N) is 1. The fourth-order valence-electron chi connectivity index (χ4n) is 3.48. The number of rotatable bonds is 4. The number of Topliss-reactive ketones (excluding diaryl/α,β-unsaturated/α-hetero) is 1. The molecule has 0 bridgehead atoms. The van der Waals surface area contributed by atoms with E-state index in [-0.39, 0.29) is 5.78 Å². The number of nitrogens with two attached hydrogens (primary N) is 1. The van der Waals surface area contributed by atoms with Crippen molar-refractivity contribution in [2.75, 3.05) is 23.7 Å². The molecule has 0 amide bonds. The van der Waals surface area contributed by atoms with Gasteiger partial charge in [0.15, 0.2) is 5.78 Å². The lowest BCUT2D eigenvalue weighted by Crippen LogP contribution is -2.35. The van der Waals surface area contributed by atoms with Crippen LogP contribution in [-0.4, -0.2) is 18.9 Å². The molecule has 2 N–H and O–H groups in total. The highest BCUT2D eigenvalue weighted by molar-refractivity contribution is 7.18. The van der Waals surface area contributed by atoms with Crippen LogP contribution in [0, 0.1) is 11.8 Å². The highest BCUT2D eigenvalue weighted by atomic mass is 32.1. The summed E-state index contributed by atoms with van der Waals surface area (Å²) >= 11 is 1.63. The fraction of sp³-hybridized carbons (Fsp3) is 0.706. The van der Waals surface area contributed by atoms with Gasteiger partial charge >= 0.3 is 0 Å². The molecule has 0 atom stereocenters. The number of hydrogen-bond donors (Lipinski definition) is 1. The highest BCUT2D eigenvalue weighted by Crippen LogP contribution is 2.52. The second-order valence-corrected chi connectivity index (χ2v) is 7.96. The molecular weight excluding hydrogens is 280 g/mol. The van der Waals surface area contributed by atoms with Crippen LogP contribution in [0.3, 0.4) is 0 Å². The standard InChI is InChI=1S/C17H26N2OS/c1-10(2)12-6-8-19(9-7-12)17-14(13-4-5-13)15(18)16(21-17)11(3)20/h10,12-13H,4-9,18H2,1-3H3. The lowest BCUT2D eigenvalue weighted by atomic mass is 9.87. The zero-order valence-corrected chi connectivity index (χ0v) is 14.1. The summed E-state index contributed by atoms with van der Waals surface area (Å²) in [5.41, 5.74) is 8.35. The molecule has 2 fully saturated rings. The number of carbonyl (C=O) groups is 1. The third-order valence-electron chi connectivity index (χ3n) is 5.04. The second-order valence-electron chi connectivity index (χ2n) is 6.96. The lowest BCUT2D eigenvalue weighted by Gasteiger charge is -2.35. The molecule has 1 saturated heterocycles. The monoisotopic (exact) mass is 306 g/mol. The molecule has 0 radical (unpaired) electrons. The Morgan fingerprint density at radius 2 is 1.86 bits per heavy atom. The molecule has 1 aromatic rings. The van der Waals surface area contributed by atoms with Crippen molar-refractivity contribution in [1.82, 2.24) is 0 Å². The van der Waals surface area contributed by atoms with Gasteiger partial charge in [0, 0.05) is 25.6 Å². The van der Waals surface area contributed by atoms with Gasteiger partial charge in [-0.1, -0.05) is 13.8 Å². The molecule has 0 spiro atoms. The SMILES string of the molecule is CC(=O)c1sc(N2CCC(C(C)C)CC2)c(C2CC2)c1N. The molecule has 3 nitrogen and oxygen atoms in total. The van der Waals surface area contributed by atoms with Gasteiger partial charge in [-0.3, -0.25) is 4.79 Å². The Balaban J connectivity index is 1.85. The van der Waals surface area contributed by atoms with Crippen molar-refractivity contribution in [3.8, 4) is 0 Å². The first-order valence-corrected chi connectivity index (χ1v) is 8.98. The minimum atomic E-state index is 0.114. The first kappa shape index (κ1) is 14.9. The van der Waals surface area contributed by atoms with Crippen molar-refractivity contribution in [3.05, 3.63) is 10.4 Å². The molecule has 116 valence electrons. The van der Waals surface area contributed by atoms with Gasteiger partial charge in [-0.2, -0.15) is 0 Å². The van der Waals surface area contributed by atoms with Gasteiger partial charge in [0.2, 0.25) is 0 Å². The summed E-state index contributed by atoms with van der Waals surface area (Å²) in [6, 6.07) is 0. The van der Waals surface area contributed by atoms with Crippen LogP contribution < -0.4 is 10.6 Å². The lowest BCUT2D eigenvalue weighted by molar-refractivity contribution is 0.102. The maximum Gasteiger partial charge on any atom is 0.171 e. The molecule has 0 aromatic carbocycles. The van der Waals surface area contributed by atoms with Crippen LogP contribution in [0.15, 0.2) is 0 Å². The number of anilines is 2. The Morgan fingerprint density at radius 1 is 1.24 bits per heavy atom. The molecule has 21 heavy (non-hydrogen) atoms. The number of thiophene rings is 1. The van der Waals surface area contributed by atoms with E-state index < -0.39 is 0 Å².